The van der Waals surface area contributed by atoms with E-state index in [0.717, 1.165) is 30.4 Å². The van der Waals surface area contributed by atoms with Crippen LogP contribution in [0.5, 0.6) is 0 Å². The molecule has 43 heavy (non-hydrogen) atoms. The number of carbonyl (C=O) groups excluding carboxylic acids is 2. The summed E-state index contributed by atoms with van der Waals surface area (Å²) in [7, 11) is -2.13. The van der Waals surface area contributed by atoms with Gasteiger partial charge >= 0.3 is 0 Å². The molecule has 0 aromatic heterocycles. The first-order chi connectivity index (χ1) is 19.9. The highest BCUT2D eigenvalue weighted by Gasteiger charge is 2.54. The number of carbonyl (C=O) groups is 2. The molecular weight excluding hydrogens is 588 g/mol. The van der Waals surface area contributed by atoms with Crippen LogP contribution < -0.4 is 11.1 Å². The van der Waals surface area contributed by atoms with E-state index in [1.807, 2.05) is 67.6 Å². The van der Waals surface area contributed by atoms with Gasteiger partial charge in [0.2, 0.25) is 21.8 Å². The van der Waals surface area contributed by atoms with Crippen LogP contribution in [0, 0.1) is 0 Å². The maximum absolute atomic E-state index is 14.1. The highest BCUT2D eigenvalue weighted by atomic mass is 35.5. The minimum atomic E-state index is -3.79. The molecule has 0 bridgehead atoms. The van der Waals surface area contributed by atoms with E-state index in [1.54, 1.807) is 25.8 Å². The Kier molecular flexibility index (Phi) is 11.6. The average Bonchev–Trinajstić information content (AvgIpc) is 3.13. The minimum absolute atomic E-state index is 0. The highest BCUT2D eigenvalue weighted by molar-refractivity contribution is 7.98. The van der Waals surface area contributed by atoms with Crippen molar-refractivity contribution in [3.05, 3.63) is 77.4 Å². The molecule has 9 nitrogen and oxygen atoms in total. The van der Waals surface area contributed by atoms with Gasteiger partial charge in [-0.2, -0.15) is 4.31 Å². The van der Waals surface area contributed by atoms with Gasteiger partial charge in [0.1, 0.15) is 6.04 Å². The quantitative estimate of drug-likeness (QED) is 0.385. The minimum Gasteiger partial charge on any atom is -0.374 e. The Morgan fingerprint density at radius 3 is 2.19 bits per heavy atom. The number of rotatable bonds is 11. The second-order valence-electron chi connectivity index (χ2n) is 11.8. The lowest BCUT2D eigenvalue weighted by molar-refractivity contribution is -0.139. The normalized spacial score (nSPS) is 18.6. The number of nitrogens with zero attached hydrogens (tertiary/aromatic N) is 2. The lowest BCUT2D eigenvalue weighted by Gasteiger charge is -2.42. The summed E-state index contributed by atoms with van der Waals surface area (Å²) in [5.74, 6) is -0.822. The van der Waals surface area contributed by atoms with Gasteiger partial charge in [0.15, 0.2) is 0 Å². The summed E-state index contributed by atoms with van der Waals surface area (Å²) in [4.78, 5) is 29.0. The van der Waals surface area contributed by atoms with Crippen LogP contribution in [0.2, 0.25) is 0 Å². The van der Waals surface area contributed by atoms with Gasteiger partial charge < -0.3 is 20.7 Å². The number of amides is 2. The fourth-order valence-electron chi connectivity index (χ4n) is 5.95. The predicted molar refractivity (Wildman–Crippen MR) is 172 cm³/mol. The summed E-state index contributed by atoms with van der Waals surface area (Å²) < 4.78 is 35.4. The van der Waals surface area contributed by atoms with Crippen molar-refractivity contribution in [1.82, 2.24) is 14.5 Å². The van der Waals surface area contributed by atoms with Crippen LogP contribution in [0.4, 0.5) is 0 Å². The second kappa shape index (κ2) is 14.3. The van der Waals surface area contributed by atoms with Gasteiger partial charge in [-0.3, -0.25) is 9.59 Å². The molecule has 2 amide bonds. The molecular formula is C32H45ClN4O5S. The predicted octanol–water partition coefficient (Wildman–Crippen LogP) is 4.09. The summed E-state index contributed by atoms with van der Waals surface area (Å²) in [6.45, 7) is 5.68. The van der Waals surface area contributed by atoms with Crippen molar-refractivity contribution in [2.75, 3.05) is 26.7 Å². The first kappa shape index (κ1) is 34.7. The van der Waals surface area contributed by atoms with Crippen molar-refractivity contribution in [2.24, 2.45) is 5.73 Å². The number of nitrogens with one attached hydrogen (secondary N) is 1. The molecule has 2 aromatic rings. The maximum Gasteiger partial charge on any atom is 0.247 e. The van der Waals surface area contributed by atoms with Crippen LogP contribution in [0.1, 0.15) is 64.0 Å². The molecule has 1 spiro atoms. The molecule has 1 aliphatic heterocycles. The summed E-state index contributed by atoms with van der Waals surface area (Å²) >= 11 is 0. The van der Waals surface area contributed by atoms with Gasteiger partial charge in [-0.25, -0.2) is 8.42 Å². The fourth-order valence-corrected chi connectivity index (χ4v) is 7.98. The summed E-state index contributed by atoms with van der Waals surface area (Å²) in [5, 5.41) is 2.80. The van der Waals surface area contributed by atoms with Gasteiger partial charge in [0.05, 0.1) is 29.2 Å². The number of halogens is 1. The smallest absolute Gasteiger partial charge is 0.247 e. The number of ether oxygens (including phenoxy) is 1. The van der Waals surface area contributed by atoms with Gasteiger partial charge in [-0.05, 0) is 50.3 Å². The molecule has 11 heteroatoms. The third-order valence-electron chi connectivity index (χ3n) is 8.40. The third kappa shape index (κ3) is 7.49. The average molecular weight is 633 g/mol. The van der Waals surface area contributed by atoms with Gasteiger partial charge in [-0.1, -0.05) is 79.9 Å². The fraction of sp³-hybridized carbons (Fsp3) is 0.500. The van der Waals surface area contributed by atoms with Crippen molar-refractivity contribution >= 4 is 39.1 Å². The number of hydrogen-bond donors (Lipinski definition) is 2. The van der Waals surface area contributed by atoms with Crippen LogP contribution in [-0.2, 0) is 31.0 Å². The number of benzene rings is 2. The van der Waals surface area contributed by atoms with E-state index in [9.17, 15) is 18.0 Å². The van der Waals surface area contributed by atoms with Crippen molar-refractivity contribution < 1.29 is 22.7 Å². The maximum atomic E-state index is 14.1. The van der Waals surface area contributed by atoms with E-state index in [4.69, 9.17) is 10.5 Å². The lowest BCUT2D eigenvalue weighted by Crippen LogP contribution is -2.58. The molecule has 1 saturated carbocycles. The Hall–Kier alpha value is -2.76. The molecule has 236 valence electrons. The van der Waals surface area contributed by atoms with Crippen LogP contribution >= 0.6 is 12.4 Å². The van der Waals surface area contributed by atoms with Crippen LogP contribution in [-0.4, -0.2) is 73.3 Å². The Balaban J connectivity index is 0.00000506. The highest BCUT2D eigenvalue weighted by Crippen LogP contribution is 2.51. The first-order valence-corrected chi connectivity index (χ1v) is 16.1. The van der Waals surface area contributed by atoms with Crippen LogP contribution in [0.25, 0.3) is 4.91 Å². The molecule has 0 radical (unpaired) electrons. The van der Waals surface area contributed by atoms with Crippen LogP contribution in [0.3, 0.4) is 0 Å². The zero-order chi connectivity index (χ0) is 30.5. The lowest BCUT2D eigenvalue weighted by atomic mass is 9.75. The topological polar surface area (TPSA) is 122 Å². The molecule has 1 aliphatic carbocycles. The second-order valence-corrected chi connectivity index (χ2v) is 13.7. The van der Waals surface area contributed by atoms with E-state index in [2.05, 4.69) is 5.32 Å². The van der Waals surface area contributed by atoms with E-state index in [1.165, 1.54) is 4.31 Å². The van der Waals surface area contributed by atoms with Gasteiger partial charge in [0.25, 0.3) is 0 Å². The Morgan fingerprint density at radius 1 is 1.05 bits per heavy atom. The standard InChI is InChI=1S/C32H44N4O5S.ClH/c1-5-36(29(37)27(34-30(38)31(2,3)33)23-41-22-24-15-9-6-10-16-24)21-26-28(25-17-11-7-12-18-25)42(39,40)35(4)32(26)19-13-8-14-20-32;/h6-7,9-12,15-18,27H,5,8,13-14,19-23,33H2,1-4H3,(H,34,38);1H/t27-;/m1./s1. The van der Waals surface area contributed by atoms with E-state index in [0.29, 0.717) is 24.9 Å². The molecule has 1 fully saturated rings. The Morgan fingerprint density at radius 2 is 1.63 bits per heavy atom. The molecule has 4 rings (SSSR count). The number of sulfonamides is 1. The van der Waals surface area contributed by atoms with Crippen molar-refractivity contribution in [2.45, 2.75) is 76.6 Å². The van der Waals surface area contributed by atoms with Crippen molar-refractivity contribution in [1.29, 1.82) is 0 Å². The summed E-state index contributed by atoms with van der Waals surface area (Å²) in [6, 6.07) is 17.7. The third-order valence-corrected chi connectivity index (χ3v) is 10.5. The number of hydrogen-bond acceptors (Lipinski definition) is 6. The van der Waals surface area contributed by atoms with Gasteiger partial charge in [-0.15, -0.1) is 12.4 Å². The monoisotopic (exact) mass is 632 g/mol. The molecule has 3 N–H and O–H groups in total. The molecule has 1 atom stereocenters. The molecule has 0 unspecified atom stereocenters. The summed E-state index contributed by atoms with van der Waals surface area (Å²) in [6.07, 6.45) is 4.25. The van der Waals surface area contributed by atoms with E-state index in [-0.39, 0.29) is 43.0 Å². The SMILES string of the molecule is CCN(CC1=C(c2ccccc2)S(=O)(=O)N(C)C12CCCCC2)C(=O)[C@@H](COCc1ccccc1)NC(=O)C(C)(C)N.Cl. The summed E-state index contributed by atoms with van der Waals surface area (Å²) in [5.41, 5.74) is 6.45. The zero-order valence-electron chi connectivity index (χ0n) is 25.5. The van der Waals surface area contributed by atoms with E-state index >= 15 is 0 Å². The number of likely N-dealkylation sites (N-methyl/N-ethyl adjacent to an activating group) is 2. The van der Waals surface area contributed by atoms with Crippen LogP contribution in [0.15, 0.2) is 66.2 Å². The van der Waals surface area contributed by atoms with Gasteiger partial charge in [0, 0.05) is 20.1 Å². The van der Waals surface area contributed by atoms with E-state index < -0.39 is 33.1 Å². The molecule has 2 aromatic carbocycles. The Labute approximate surface area is 262 Å². The van der Waals surface area contributed by atoms with Crippen molar-refractivity contribution in [3.8, 4) is 0 Å². The molecule has 2 aliphatic rings. The largest absolute Gasteiger partial charge is 0.374 e. The molecule has 0 saturated heterocycles. The first-order valence-electron chi connectivity index (χ1n) is 14.7. The van der Waals surface area contributed by atoms with Crippen molar-refractivity contribution in [3.63, 3.8) is 0 Å². The molecule has 1 heterocycles. The Bertz CT molecular complexity index is 1390. The number of nitrogens with two attached hydrogens (primary N) is 1. The zero-order valence-corrected chi connectivity index (χ0v) is 27.2.